The van der Waals surface area contributed by atoms with E-state index >= 15 is 0 Å². The molecule has 2 heteroatoms. The van der Waals surface area contributed by atoms with Gasteiger partial charge in [-0.05, 0) is 44.8 Å². The van der Waals surface area contributed by atoms with Gasteiger partial charge in [-0.15, -0.1) is 12.4 Å². The molecule has 0 radical (unpaired) electrons. The van der Waals surface area contributed by atoms with Gasteiger partial charge in [-0.1, -0.05) is 43.2 Å². The van der Waals surface area contributed by atoms with E-state index in [1.165, 1.54) is 49.9 Å². The molecule has 0 bridgehead atoms. The molecule has 0 aliphatic carbocycles. The summed E-state index contributed by atoms with van der Waals surface area (Å²) in [5, 5.41) is 0. The lowest BCUT2D eigenvalue weighted by atomic mass is 9.99. The molecule has 1 saturated heterocycles. The second-order valence-electron chi connectivity index (χ2n) is 4.93. The molecule has 1 heterocycles. The van der Waals surface area contributed by atoms with Crippen LogP contribution >= 0.6 is 12.4 Å². The van der Waals surface area contributed by atoms with Crippen LogP contribution in [0.25, 0.3) is 0 Å². The molecule has 1 unspecified atom stereocenters. The van der Waals surface area contributed by atoms with E-state index in [1.807, 2.05) is 0 Å². The van der Waals surface area contributed by atoms with Gasteiger partial charge in [-0.2, -0.15) is 0 Å². The van der Waals surface area contributed by atoms with E-state index in [4.69, 9.17) is 0 Å². The Labute approximate surface area is 112 Å². The summed E-state index contributed by atoms with van der Waals surface area (Å²) in [6, 6.07) is 9.72. The van der Waals surface area contributed by atoms with Crippen molar-refractivity contribution in [2.75, 3.05) is 13.1 Å². The molecule has 0 amide bonds. The molecule has 2 rings (SSSR count). The highest BCUT2D eigenvalue weighted by Crippen LogP contribution is 2.27. The molecule has 1 fully saturated rings. The quantitative estimate of drug-likeness (QED) is 0.774. The van der Waals surface area contributed by atoms with Crippen molar-refractivity contribution in [1.82, 2.24) is 4.90 Å². The topological polar surface area (TPSA) is 3.24 Å². The Bertz CT molecular complexity index is 314. The van der Waals surface area contributed by atoms with Crippen LogP contribution in [-0.2, 0) is 0 Å². The summed E-state index contributed by atoms with van der Waals surface area (Å²) in [5.74, 6) is 0. The van der Waals surface area contributed by atoms with Crippen molar-refractivity contribution in [2.24, 2.45) is 0 Å². The fourth-order valence-corrected chi connectivity index (χ4v) is 2.72. The van der Waals surface area contributed by atoms with Gasteiger partial charge in [-0.25, -0.2) is 0 Å². The van der Waals surface area contributed by atoms with Crippen molar-refractivity contribution in [2.45, 2.75) is 45.6 Å². The van der Waals surface area contributed by atoms with E-state index in [9.17, 15) is 0 Å². The smallest absolute Gasteiger partial charge is 0.0345 e. The summed E-state index contributed by atoms with van der Waals surface area (Å²) in [6.07, 6.45) is 5.40. The zero-order chi connectivity index (χ0) is 11.4. The second kappa shape index (κ2) is 7.03. The Kier molecular flexibility index (Phi) is 6.01. The standard InChI is InChI=1S/C15H23N.ClH/c1-3-15(16-11-5-4-6-12-16)14-9-7-13(2)8-10-14;/h7-10,15H,3-6,11-12H2,1-2H3;1H. The minimum absolute atomic E-state index is 0. The normalized spacial score (nSPS) is 18.5. The maximum Gasteiger partial charge on any atom is 0.0345 e. The Morgan fingerprint density at radius 1 is 1.06 bits per heavy atom. The molecule has 1 aliphatic heterocycles. The molecule has 1 atom stereocenters. The number of piperidine rings is 1. The van der Waals surface area contributed by atoms with Gasteiger partial charge in [0.1, 0.15) is 0 Å². The third-order valence-corrected chi connectivity index (χ3v) is 3.68. The largest absolute Gasteiger partial charge is 0.296 e. The van der Waals surface area contributed by atoms with E-state index in [0.29, 0.717) is 6.04 Å². The lowest BCUT2D eigenvalue weighted by Crippen LogP contribution is -2.33. The van der Waals surface area contributed by atoms with Crippen LogP contribution in [0.15, 0.2) is 24.3 Å². The van der Waals surface area contributed by atoms with Crippen LogP contribution in [0.5, 0.6) is 0 Å². The Morgan fingerprint density at radius 2 is 1.65 bits per heavy atom. The SMILES string of the molecule is CCC(c1ccc(C)cc1)N1CCCCC1.Cl. The van der Waals surface area contributed by atoms with Gasteiger partial charge >= 0.3 is 0 Å². The number of nitrogens with zero attached hydrogens (tertiary/aromatic N) is 1. The van der Waals surface area contributed by atoms with Crippen molar-refractivity contribution in [3.63, 3.8) is 0 Å². The average Bonchev–Trinajstić information content (AvgIpc) is 2.34. The predicted molar refractivity (Wildman–Crippen MR) is 76.9 cm³/mol. The van der Waals surface area contributed by atoms with E-state index in [2.05, 4.69) is 43.0 Å². The summed E-state index contributed by atoms with van der Waals surface area (Å²) in [5.41, 5.74) is 2.85. The Morgan fingerprint density at radius 3 is 2.18 bits per heavy atom. The molecule has 96 valence electrons. The lowest BCUT2D eigenvalue weighted by Gasteiger charge is -2.34. The van der Waals surface area contributed by atoms with Crippen LogP contribution in [0, 0.1) is 6.92 Å². The first kappa shape index (κ1) is 14.5. The van der Waals surface area contributed by atoms with Crippen molar-refractivity contribution < 1.29 is 0 Å². The van der Waals surface area contributed by atoms with Crippen molar-refractivity contribution in [1.29, 1.82) is 0 Å². The highest BCUT2D eigenvalue weighted by Gasteiger charge is 2.20. The number of rotatable bonds is 3. The molecule has 1 aliphatic rings. The maximum absolute atomic E-state index is 2.66. The second-order valence-corrected chi connectivity index (χ2v) is 4.93. The van der Waals surface area contributed by atoms with Crippen LogP contribution in [-0.4, -0.2) is 18.0 Å². The summed E-state index contributed by atoms with van der Waals surface area (Å²) >= 11 is 0. The molecule has 0 aromatic heterocycles. The number of halogens is 1. The molecule has 1 aromatic rings. The average molecular weight is 254 g/mol. The number of benzene rings is 1. The fourth-order valence-electron chi connectivity index (χ4n) is 2.72. The summed E-state index contributed by atoms with van der Waals surface area (Å²) in [4.78, 5) is 2.66. The minimum atomic E-state index is 0. The van der Waals surface area contributed by atoms with Crippen LogP contribution in [0.1, 0.15) is 49.8 Å². The van der Waals surface area contributed by atoms with Gasteiger partial charge in [0.15, 0.2) is 0 Å². The van der Waals surface area contributed by atoms with Gasteiger partial charge < -0.3 is 0 Å². The van der Waals surface area contributed by atoms with Crippen molar-refractivity contribution in [3.8, 4) is 0 Å². The Balaban J connectivity index is 0.00000144. The van der Waals surface area contributed by atoms with Crippen LogP contribution in [0.3, 0.4) is 0 Å². The monoisotopic (exact) mass is 253 g/mol. The predicted octanol–water partition coefficient (Wildman–Crippen LogP) is 4.35. The molecular weight excluding hydrogens is 230 g/mol. The first-order chi connectivity index (χ1) is 7.81. The third kappa shape index (κ3) is 3.72. The van der Waals surface area contributed by atoms with Gasteiger partial charge in [0, 0.05) is 6.04 Å². The van der Waals surface area contributed by atoms with Crippen LogP contribution in [0.4, 0.5) is 0 Å². The molecule has 1 aromatic carbocycles. The van der Waals surface area contributed by atoms with Crippen LogP contribution in [0.2, 0.25) is 0 Å². The number of likely N-dealkylation sites (tertiary alicyclic amines) is 1. The van der Waals surface area contributed by atoms with E-state index in [0.717, 1.165) is 0 Å². The fraction of sp³-hybridized carbons (Fsp3) is 0.600. The zero-order valence-electron chi connectivity index (χ0n) is 11.0. The molecule has 0 N–H and O–H groups in total. The number of hydrogen-bond donors (Lipinski definition) is 0. The van der Waals surface area contributed by atoms with Gasteiger partial charge in [0.2, 0.25) is 0 Å². The summed E-state index contributed by atoms with van der Waals surface area (Å²) in [6.45, 7) is 7.03. The summed E-state index contributed by atoms with van der Waals surface area (Å²) in [7, 11) is 0. The molecular formula is C15H24ClN. The summed E-state index contributed by atoms with van der Waals surface area (Å²) < 4.78 is 0. The lowest BCUT2D eigenvalue weighted by molar-refractivity contribution is 0.159. The first-order valence-electron chi connectivity index (χ1n) is 6.62. The zero-order valence-corrected chi connectivity index (χ0v) is 11.8. The Hall–Kier alpha value is -0.530. The van der Waals surface area contributed by atoms with Gasteiger partial charge in [0.25, 0.3) is 0 Å². The first-order valence-corrected chi connectivity index (χ1v) is 6.62. The third-order valence-electron chi connectivity index (χ3n) is 3.68. The molecule has 0 spiro atoms. The van der Waals surface area contributed by atoms with Gasteiger partial charge in [0.05, 0.1) is 0 Å². The van der Waals surface area contributed by atoms with E-state index in [-0.39, 0.29) is 12.4 Å². The maximum atomic E-state index is 2.66. The highest BCUT2D eigenvalue weighted by molar-refractivity contribution is 5.85. The van der Waals surface area contributed by atoms with E-state index in [1.54, 1.807) is 0 Å². The number of hydrogen-bond acceptors (Lipinski definition) is 1. The molecule has 17 heavy (non-hydrogen) atoms. The molecule has 0 saturated carbocycles. The minimum Gasteiger partial charge on any atom is -0.296 e. The van der Waals surface area contributed by atoms with Crippen molar-refractivity contribution in [3.05, 3.63) is 35.4 Å². The van der Waals surface area contributed by atoms with Gasteiger partial charge in [-0.3, -0.25) is 4.90 Å². The molecule has 1 nitrogen and oxygen atoms in total. The van der Waals surface area contributed by atoms with E-state index < -0.39 is 0 Å². The van der Waals surface area contributed by atoms with Crippen LogP contribution < -0.4 is 0 Å². The highest BCUT2D eigenvalue weighted by atomic mass is 35.5. The van der Waals surface area contributed by atoms with Crippen molar-refractivity contribution >= 4 is 12.4 Å². The number of aryl methyl sites for hydroxylation is 1.